The Balaban J connectivity index is 1.32. The monoisotopic (exact) mass is 609 g/mol. The summed E-state index contributed by atoms with van der Waals surface area (Å²) in [5.41, 5.74) is 9.22. The van der Waals surface area contributed by atoms with E-state index in [4.69, 9.17) is 4.74 Å². The van der Waals surface area contributed by atoms with Crippen molar-refractivity contribution < 1.29 is 4.74 Å². The summed E-state index contributed by atoms with van der Waals surface area (Å²) in [6.07, 6.45) is 4.85. The molecule has 2 unspecified atom stereocenters. The molecule has 7 aromatic carbocycles. The van der Waals surface area contributed by atoms with Gasteiger partial charge in [-0.2, -0.15) is 0 Å². The van der Waals surface area contributed by atoms with Gasteiger partial charge in [0.15, 0.2) is 0 Å². The second kappa shape index (κ2) is 10.5. The molecule has 0 spiro atoms. The summed E-state index contributed by atoms with van der Waals surface area (Å²) in [5, 5.41) is 7.75. The molecule has 1 aliphatic carbocycles. The summed E-state index contributed by atoms with van der Waals surface area (Å²) in [6.45, 7) is 5.02. The number of rotatable bonds is 4. The standard InChI is InChI=1S/C45H39NO/c1-44-26-10-11-27-45(44,2)46(32-16-13-17-33(29-32)47-3)41-25-24-31(28-40(41)44)42-36-19-6-8-21-38(36)43(39-22-9-7-20-37(39)42)35-23-12-15-30-14-4-5-18-34(30)35/h4-9,12-25,28-29H,10-11,26-27H2,1-3H3. The number of hydrogen-bond donors (Lipinski definition) is 0. The first-order chi connectivity index (χ1) is 23.0. The van der Waals surface area contributed by atoms with Gasteiger partial charge >= 0.3 is 0 Å². The van der Waals surface area contributed by atoms with E-state index in [1.807, 2.05) is 6.07 Å². The largest absolute Gasteiger partial charge is 0.497 e. The van der Waals surface area contributed by atoms with E-state index in [1.54, 1.807) is 7.11 Å². The highest BCUT2D eigenvalue weighted by atomic mass is 16.5. The predicted molar refractivity (Wildman–Crippen MR) is 199 cm³/mol. The molecule has 47 heavy (non-hydrogen) atoms. The molecule has 0 radical (unpaired) electrons. The average Bonchev–Trinajstić information content (AvgIpc) is 3.33. The number of benzene rings is 7. The molecule has 1 aliphatic heterocycles. The van der Waals surface area contributed by atoms with Crippen molar-refractivity contribution in [1.82, 2.24) is 0 Å². The highest BCUT2D eigenvalue weighted by molar-refractivity contribution is 6.23. The lowest BCUT2D eigenvalue weighted by Gasteiger charge is -2.50. The van der Waals surface area contributed by atoms with Crippen molar-refractivity contribution in [3.63, 3.8) is 0 Å². The maximum atomic E-state index is 5.69. The van der Waals surface area contributed by atoms with Crippen molar-refractivity contribution >= 4 is 43.7 Å². The quantitative estimate of drug-likeness (QED) is 0.184. The van der Waals surface area contributed by atoms with Crippen LogP contribution in [-0.2, 0) is 5.41 Å². The fourth-order valence-corrected chi connectivity index (χ4v) is 9.22. The minimum absolute atomic E-state index is 0.0220. The molecule has 230 valence electrons. The Morgan fingerprint density at radius 3 is 1.91 bits per heavy atom. The molecule has 0 saturated heterocycles. The van der Waals surface area contributed by atoms with Crippen LogP contribution in [0.2, 0.25) is 0 Å². The van der Waals surface area contributed by atoms with E-state index >= 15 is 0 Å². The fraction of sp³-hybridized carbons (Fsp3) is 0.200. The molecular formula is C45H39NO. The average molecular weight is 610 g/mol. The summed E-state index contributed by atoms with van der Waals surface area (Å²) in [5.74, 6) is 0.901. The zero-order valence-corrected chi connectivity index (χ0v) is 27.4. The van der Waals surface area contributed by atoms with E-state index in [9.17, 15) is 0 Å². The number of nitrogens with zero attached hydrogens (tertiary/aromatic N) is 1. The van der Waals surface area contributed by atoms with Gasteiger partial charge < -0.3 is 9.64 Å². The van der Waals surface area contributed by atoms with Crippen LogP contribution in [0.3, 0.4) is 0 Å². The van der Waals surface area contributed by atoms with Crippen LogP contribution < -0.4 is 9.64 Å². The molecule has 2 nitrogen and oxygen atoms in total. The molecule has 1 heterocycles. The third kappa shape index (κ3) is 3.97. The number of methoxy groups -OCH3 is 1. The first kappa shape index (κ1) is 28.2. The second-order valence-corrected chi connectivity index (χ2v) is 13.9. The molecule has 7 aromatic rings. The van der Waals surface area contributed by atoms with E-state index in [-0.39, 0.29) is 11.0 Å². The molecule has 0 bridgehead atoms. The molecule has 0 amide bonds. The van der Waals surface area contributed by atoms with Gasteiger partial charge in [0.1, 0.15) is 5.75 Å². The third-order valence-electron chi connectivity index (χ3n) is 11.7. The smallest absolute Gasteiger partial charge is 0.120 e. The van der Waals surface area contributed by atoms with E-state index in [0.29, 0.717) is 0 Å². The Hall–Kier alpha value is -5.08. The van der Waals surface area contributed by atoms with Gasteiger partial charge in [0.2, 0.25) is 0 Å². The highest BCUT2D eigenvalue weighted by Crippen LogP contribution is 2.61. The predicted octanol–water partition coefficient (Wildman–Crippen LogP) is 12.2. The van der Waals surface area contributed by atoms with Crippen LogP contribution in [-0.4, -0.2) is 12.6 Å². The number of ether oxygens (including phenoxy) is 1. The van der Waals surface area contributed by atoms with Crippen molar-refractivity contribution in [2.45, 2.75) is 50.5 Å². The van der Waals surface area contributed by atoms with Crippen LogP contribution in [0.1, 0.15) is 45.1 Å². The lowest BCUT2D eigenvalue weighted by molar-refractivity contribution is 0.195. The zero-order valence-electron chi connectivity index (χ0n) is 27.4. The summed E-state index contributed by atoms with van der Waals surface area (Å²) in [7, 11) is 1.76. The summed E-state index contributed by atoms with van der Waals surface area (Å²) >= 11 is 0. The zero-order chi connectivity index (χ0) is 31.8. The molecule has 1 saturated carbocycles. The Bertz CT molecular complexity index is 2290. The van der Waals surface area contributed by atoms with Gasteiger partial charge in [0.05, 0.1) is 12.6 Å². The fourth-order valence-electron chi connectivity index (χ4n) is 9.22. The third-order valence-corrected chi connectivity index (χ3v) is 11.7. The molecular weight excluding hydrogens is 571 g/mol. The number of anilines is 2. The molecule has 2 aliphatic rings. The van der Waals surface area contributed by atoms with Gasteiger partial charge in [-0.3, -0.25) is 0 Å². The maximum Gasteiger partial charge on any atom is 0.120 e. The number of fused-ring (bicyclic) bond motifs is 6. The highest BCUT2D eigenvalue weighted by Gasteiger charge is 2.57. The minimum atomic E-state index is -0.0269. The first-order valence-corrected chi connectivity index (χ1v) is 17.0. The van der Waals surface area contributed by atoms with Crippen molar-refractivity contribution in [3.8, 4) is 28.0 Å². The molecule has 0 aromatic heterocycles. The van der Waals surface area contributed by atoms with Crippen LogP contribution >= 0.6 is 0 Å². The van der Waals surface area contributed by atoms with Crippen molar-refractivity contribution in [3.05, 3.63) is 139 Å². The van der Waals surface area contributed by atoms with Gasteiger partial charge in [0, 0.05) is 22.9 Å². The Labute approximate surface area is 277 Å². The van der Waals surface area contributed by atoms with Crippen LogP contribution in [0, 0.1) is 0 Å². The van der Waals surface area contributed by atoms with Gasteiger partial charge in [-0.25, -0.2) is 0 Å². The summed E-state index contributed by atoms with van der Waals surface area (Å²) in [6, 6.07) is 49.5. The molecule has 0 N–H and O–H groups in total. The van der Waals surface area contributed by atoms with Crippen molar-refractivity contribution in [2.24, 2.45) is 0 Å². The van der Waals surface area contributed by atoms with Crippen LogP contribution in [0.5, 0.6) is 5.75 Å². The van der Waals surface area contributed by atoms with Crippen LogP contribution in [0.4, 0.5) is 11.4 Å². The molecule has 1 fully saturated rings. The topological polar surface area (TPSA) is 12.5 Å². The Kier molecular flexibility index (Phi) is 6.27. The van der Waals surface area contributed by atoms with E-state index in [1.165, 1.54) is 90.8 Å². The number of hydrogen-bond acceptors (Lipinski definition) is 2. The van der Waals surface area contributed by atoms with Crippen LogP contribution in [0.15, 0.2) is 133 Å². The van der Waals surface area contributed by atoms with E-state index < -0.39 is 0 Å². The lowest BCUT2D eigenvalue weighted by atomic mass is 9.61. The summed E-state index contributed by atoms with van der Waals surface area (Å²) < 4.78 is 5.69. The molecule has 2 heteroatoms. The molecule has 9 rings (SSSR count). The van der Waals surface area contributed by atoms with E-state index in [0.717, 1.165) is 12.2 Å². The molecule has 2 atom stereocenters. The maximum absolute atomic E-state index is 5.69. The lowest BCUT2D eigenvalue weighted by Crippen LogP contribution is -2.54. The van der Waals surface area contributed by atoms with Crippen molar-refractivity contribution in [1.29, 1.82) is 0 Å². The Morgan fingerprint density at radius 2 is 1.19 bits per heavy atom. The van der Waals surface area contributed by atoms with Gasteiger partial charge in [-0.05, 0) is 104 Å². The van der Waals surface area contributed by atoms with Gasteiger partial charge in [-0.1, -0.05) is 123 Å². The van der Waals surface area contributed by atoms with Crippen LogP contribution in [0.25, 0.3) is 54.6 Å². The second-order valence-electron chi connectivity index (χ2n) is 13.9. The Morgan fingerprint density at radius 1 is 0.574 bits per heavy atom. The normalized spacial score (nSPS) is 20.4. The summed E-state index contributed by atoms with van der Waals surface area (Å²) in [4.78, 5) is 2.63. The van der Waals surface area contributed by atoms with Gasteiger partial charge in [0.25, 0.3) is 0 Å². The SMILES string of the molecule is COc1cccc(N2c3ccc(-c4c5ccccc5c(-c5cccc6ccccc56)c5ccccc45)cc3C3(C)CCCCC23C)c1. The first-order valence-electron chi connectivity index (χ1n) is 17.0. The van der Waals surface area contributed by atoms with Gasteiger partial charge in [-0.15, -0.1) is 0 Å². The van der Waals surface area contributed by atoms with Crippen molar-refractivity contribution in [2.75, 3.05) is 12.0 Å². The minimum Gasteiger partial charge on any atom is -0.497 e. The van der Waals surface area contributed by atoms with E-state index in [2.05, 4.69) is 146 Å².